The van der Waals surface area contributed by atoms with Crippen molar-refractivity contribution in [2.24, 2.45) is 0 Å². The first kappa shape index (κ1) is 27.0. The van der Waals surface area contributed by atoms with E-state index < -0.39 is 17.7 Å². The number of Topliss-reactive ketones (excluding diaryl/α,β-unsaturated/α-hetero) is 1. The third kappa shape index (κ3) is 5.46. The Labute approximate surface area is 228 Å². The van der Waals surface area contributed by atoms with E-state index in [1.54, 1.807) is 36.3 Å². The Balaban J connectivity index is 1.52. The number of hydrogen-bond acceptors (Lipinski definition) is 8. The van der Waals surface area contributed by atoms with Crippen LogP contribution < -0.4 is 14.2 Å². The van der Waals surface area contributed by atoms with Crippen LogP contribution >= 0.6 is 0 Å². The monoisotopic (exact) mass is 536 g/mol. The van der Waals surface area contributed by atoms with Gasteiger partial charge in [-0.25, -0.2) is 0 Å². The van der Waals surface area contributed by atoms with E-state index in [-0.39, 0.29) is 17.4 Å². The number of carbonyl (C=O) groups excluding carboxylic acids is 2. The molecule has 39 heavy (non-hydrogen) atoms. The number of methoxy groups -OCH3 is 1. The van der Waals surface area contributed by atoms with Crippen LogP contribution in [-0.2, 0) is 20.7 Å². The normalized spacial score (nSPS) is 22.6. The molecule has 1 N–H and O–H groups in total. The van der Waals surface area contributed by atoms with Gasteiger partial charge in [0.2, 0.25) is 0 Å². The number of likely N-dealkylation sites (tertiary alicyclic amines) is 1. The highest BCUT2D eigenvalue weighted by molar-refractivity contribution is 6.46. The molecule has 2 atom stereocenters. The predicted molar refractivity (Wildman–Crippen MR) is 145 cm³/mol. The molecule has 208 valence electrons. The van der Waals surface area contributed by atoms with Gasteiger partial charge in [0.15, 0.2) is 11.5 Å². The molecule has 5 rings (SSSR count). The predicted octanol–water partition coefficient (Wildman–Crippen LogP) is 3.56. The van der Waals surface area contributed by atoms with Crippen LogP contribution in [0.5, 0.6) is 17.2 Å². The average Bonchev–Trinajstić information content (AvgIpc) is 3.44. The van der Waals surface area contributed by atoms with Crippen LogP contribution in [-0.4, -0.2) is 85.8 Å². The van der Waals surface area contributed by atoms with Crippen LogP contribution in [0.3, 0.4) is 0 Å². The minimum atomic E-state index is -0.761. The number of carbonyl (C=O) groups is 2. The molecule has 2 aromatic carbocycles. The molecule has 2 unspecified atom stereocenters. The summed E-state index contributed by atoms with van der Waals surface area (Å²) in [4.78, 5) is 30.7. The van der Waals surface area contributed by atoms with Crippen molar-refractivity contribution in [2.75, 3.05) is 53.1 Å². The minimum absolute atomic E-state index is 0.0470. The van der Waals surface area contributed by atoms with Crippen LogP contribution in [0.1, 0.15) is 43.0 Å². The molecule has 3 aliphatic heterocycles. The molecule has 9 nitrogen and oxygen atoms in total. The third-order valence-corrected chi connectivity index (χ3v) is 7.49. The molecule has 3 aliphatic rings. The topological polar surface area (TPSA) is 97.8 Å². The van der Waals surface area contributed by atoms with Crippen LogP contribution in [0.25, 0.3) is 5.76 Å². The number of morpholine rings is 1. The quantitative estimate of drug-likeness (QED) is 0.295. The molecular formula is C30H36N2O7. The Morgan fingerprint density at radius 2 is 1.87 bits per heavy atom. The summed E-state index contributed by atoms with van der Waals surface area (Å²) in [5, 5.41) is 11.5. The number of amides is 1. The Kier molecular flexibility index (Phi) is 8.09. The fraction of sp³-hybridized carbons (Fsp3) is 0.467. The molecular weight excluding hydrogens is 500 g/mol. The van der Waals surface area contributed by atoms with Gasteiger partial charge in [-0.2, -0.15) is 0 Å². The second kappa shape index (κ2) is 11.7. The van der Waals surface area contributed by atoms with Gasteiger partial charge < -0.3 is 29.0 Å². The number of fused-ring (bicyclic) bond motifs is 1. The second-order valence-electron chi connectivity index (χ2n) is 10.1. The third-order valence-electron chi connectivity index (χ3n) is 7.49. The number of rotatable bonds is 9. The van der Waals surface area contributed by atoms with E-state index in [2.05, 4.69) is 4.90 Å². The number of hydrogen-bond donors (Lipinski definition) is 1. The van der Waals surface area contributed by atoms with Gasteiger partial charge in [-0.3, -0.25) is 14.5 Å². The summed E-state index contributed by atoms with van der Waals surface area (Å²) >= 11 is 0. The molecule has 0 bridgehead atoms. The highest BCUT2D eigenvalue weighted by Crippen LogP contribution is 2.43. The van der Waals surface area contributed by atoms with Gasteiger partial charge in [0, 0.05) is 38.2 Å². The van der Waals surface area contributed by atoms with Crippen LogP contribution in [0.2, 0.25) is 0 Å². The highest BCUT2D eigenvalue weighted by atomic mass is 16.5. The summed E-state index contributed by atoms with van der Waals surface area (Å²) in [5.74, 6) is 0.341. The fourth-order valence-corrected chi connectivity index (χ4v) is 5.60. The lowest BCUT2D eigenvalue weighted by Gasteiger charge is -2.29. The number of aliphatic hydroxyl groups excluding tert-OH is 1. The van der Waals surface area contributed by atoms with Crippen molar-refractivity contribution in [2.45, 2.75) is 38.8 Å². The first-order valence-electron chi connectivity index (χ1n) is 13.6. The summed E-state index contributed by atoms with van der Waals surface area (Å²) in [5.41, 5.74) is 2.19. The van der Waals surface area contributed by atoms with Crippen molar-refractivity contribution < 1.29 is 33.6 Å². The van der Waals surface area contributed by atoms with Gasteiger partial charge >= 0.3 is 0 Å². The number of ether oxygens (including phenoxy) is 4. The highest BCUT2D eigenvalue weighted by Gasteiger charge is 2.46. The van der Waals surface area contributed by atoms with Crippen molar-refractivity contribution in [3.05, 3.63) is 58.7 Å². The molecule has 2 fully saturated rings. The lowest BCUT2D eigenvalue weighted by atomic mass is 9.94. The molecule has 1 amide bonds. The molecule has 2 saturated heterocycles. The number of nitrogens with zero attached hydrogens (tertiary/aromatic N) is 2. The lowest BCUT2D eigenvalue weighted by Crippen LogP contribution is -2.39. The summed E-state index contributed by atoms with van der Waals surface area (Å²) in [6, 6.07) is 10.00. The van der Waals surface area contributed by atoms with E-state index >= 15 is 0 Å². The van der Waals surface area contributed by atoms with Crippen molar-refractivity contribution in [1.29, 1.82) is 0 Å². The summed E-state index contributed by atoms with van der Waals surface area (Å²) in [7, 11) is 1.55. The van der Waals surface area contributed by atoms with Crippen LogP contribution in [0.15, 0.2) is 42.0 Å². The van der Waals surface area contributed by atoms with E-state index in [0.717, 1.165) is 30.9 Å². The molecule has 0 aromatic heterocycles. The number of aliphatic hydroxyl groups is 1. The average molecular weight is 537 g/mol. The van der Waals surface area contributed by atoms with Gasteiger partial charge in [0.05, 0.1) is 38.5 Å². The maximum Gasteiger partial charge on any atom is 0.295 e. The van der Waals surface area contributed by atoms with E-state index in [1.807, 2.05) is 26.0 Å². The standard InChI is InChI=1S/C30H36N2O7/c1-4-38-24-9-6-20(18-25(24)36-3)27-26(28(33)21-7-8-23-22(17-21)16-19(2)39-23)29(34)30(35)32(27)11-5-10-31-12-14-37-15-13-31/h6-9,17-19,27,33H,4-5,10-16H2,1-3H3/b28-26+. The summed E-state index contributed by atoms with van der Waals surface area (Å²) in [6.07, 6.45) is 1.45. The zero-order valence-corrected chi connectivity index (χ0v) is 22.8. The molecule has 0 saturated carbocycles. The second-order valence-corrected chi connectivity index (χ2v) is 10.1. The van der Waals surface area contributed by atoms with E-state index in [9.17, 15) is 14.7 Å². The largest absolute Gasteiger partial charge is 0.507 e. The van der Waals surface area contributed by atoms with Gasteiger partial charge in [0.25, 0.3) is 11.7 Å². The smallest absolute Gasteiger partial charge is 0.295 e. The first-order chi connectivity index (χ1) is 18.9. The number of ketones is 1. The Morgan fingerprint density at radius 1 is 1.08 bits per heavy atom. The maximum absolute atomic E-state index is 13.5. The lowest BCUT2D eigenvalue weighted by molar-refractivity contribution is -0.140. The SMILES string of the molecule is CCOc1ccc(C2/C(=C(\O)c3ccc4c(c3)CC(C)O4)C(=O)C(=O)N2CCCN2CCOCC2)cc1OC. The van der Waals surface area contributed by atoms with Crippen molar-refractivity contribution in [1.82, 2.24) is 9.80 Å². The van der Waals surface area contributed by atoms with Gasteiger partial charge in [-0.1, -0.05) is 6.07 Å². The maximum atomic E-state index is 13.5. The van der Waals surface area contributed by atoms with Gasteiger partial charge in [0.1, 0.15) is 17.6 Å². The fourth-order valence-electron chi connectivity index (χ4n) is 5.60. The molecule has 9 heteroatoms. The van der Waals surface area contributed by atoms with Crippen LogP contribution in [0.4, 0.5) is 0 Å². The number of benzene rings is 2. The minimum Gasteiger partial charge on any atom is -0.507 e. The van der Waals surface area contributed by atoms with Crippen LogP contribution in [0, 0.1) is 0 Å². The summed E-state index contributed by atoms with van der Waals surface area (Å²) in [6.45, 7) is 8.58. The van der Waals surface area contributed by atoms with Crippen molar-refractivity contribution in [3.8, 4) is 17.2 Å². The first-order valence-corrected chi connectivity index (χ1v) is 13.6. The molecule has 3 heterocycles. The van der Waals surface area contributed by atoms with E-state index in [0.29, 0.717) is 61.8 Å². The Morgan fingerprint density at radius 3 is 2.62 bits per heavy atom. The molecule has 0 radical (unpaired) electrons. The summed E-state index contributed by atoms with van der Waals surface area (Å²) < 4.78 is 22.5. The van der Waals surface area contributed by atoms with Crippen molar-refractivity contribution in [3.63, 3.8) is 0 Å². The van der Waals surface area contributed by atoms with E-state index in [1.165, 1.54) is 0 Å². The zero-order chi connectivity index (χ0) is 27.5. The molecule has 0 spiro atoms. The molecule has 2 aromatic rings. The van der Waals surface area contributed by atoms with Crippen molar-refractivity contribution >= 4 is 17.4 Å². The van der Waals surface area contributed by atoms with E-state index in [4.69, 9.17) is 18.9 Å². The van der Waals surface area contributed by atoms with Gasteiger partial charge in [-0.05, 0) is 61.7 Å². The Bertz CT molecular complexity index is 1270. The van der Waals surface area contributed by atoms with Gasteiger partial charge in [-0.15, -0.1) is 0 Å². The zero-order valence-electron chi connectivity index (χ0n) is 22.8. The molecule has 0 aliphatic carbocycles. The Hall–Kier alpha value is -3.56.